The van der Waals surface area contributed by atoms with E-state index in [1.807, 2.05) is 0 Å². The number of nitrogens with zero attached hydrogens (tertiary/aromatic N) is 1. The van der Waals surface area contributed by atoms with Gasteiger partial charge in [0.15, 0.2) is 0 Å². The van der Waals surface area contributed by atoms with Gasteiger partial charge in [0.05, 0.1) is 5.69 Å². The lowest BCUT2D eigenvalue weighted by Crippen LogP contribution is -2.17. The predicted molar refractivity (Wildman–Crippen MR) is 206 cm³/mol. The van der Waals surface area contributed by atoms with Crippen LogP contribution in [0.25, 0.3) is 65.0 Å². The van der Waals surface area contributed by atoms with E-state index in [0.29, 0.717) is 0 Å². The van der Waals surface area contributed by atoms with Gasteiger partial charge in [0, 0.05) is 22.2 Å². The molecule has 0 amide bonds. The molecule has 0 aromatic heterocycles. The number of rotatable bonds is 3. The van der Waals surface area contributed by atoms with E-state index in [-0.39, 0.29) is 5.41 Å². The first-order chi connectivity index (χ1) is 23.6. The summed E-state index contributed by atoms with van der Waals surface area (Å²) in [6, 6.07) is 60.5. The molecule has 48 heavy (non-hydrogen) atoms. The number of anilines is 3. The van der Waals surface area contributed by atoms with Crippen LogP contribution in [0.4, 0.5) is 17.1 Å². The molecule has 1 aliphatic carbocycles. The molecule has 0 atom stereocenters. The highest BCUT2D eigenvalue weighted by molar-refractivity contribution is 6.22. The lowest BCUT2D eigenvalue weighted by Gasteiger charge is -2.30. The fraction of sp³-hybridized carbons (Fsp3) is 0.0638. The maximum absolute atomic E-state index is 2.50. The van der Waals surface area contributed by atoms with Crippen LogP contribution >= 0.6 is 0 Å². The number of hydrogen-bond acceptors (Lipinski definition) is 1. The standard InChI is InChI=1S/C47H33N/c1-47(2)42-29-43(48(32-15-4-3-5-16-32)33-27-26-31-25-24-30-14-6-7-17-34(30)41(31)28-33)37-20-10-12-22-39(37)44(42)45-38-21-11-8-18-35(38)36-19-9-13-23-40(36)46(45)47/h3-29H,1-2H3. The Hall–Kier alpha value is -5.92. The van der Waals surface area contributed by atoms with E-state index in [0.717, 1.165) is 11.4 Å². The van der Waals surface area contributed by atoms with Crippen LogP contribution in [0.5, 0.6) is 0 Å². The van der Waals surface area contributed by atoms with Crippen molar-refractivity contribution >= 4 is 70.9 Å². The Morgan fingerprint density at radius 1 is 0.375 bits per heavy atom. The summed E-state index contributed by atoms with van der Waals surface area (Å²) in [6.07, 6.45) is 0. The molecule has 9 aromatic carbocycles. The van der Waals surface area contributed by atoms with Gasteiger partial charge in [-0.05, 0) is 101 Å². The lowest BCUT2D eigenvalue weighted by molar-refractivity contribution is 0.667. The Morgan fingerprint density at radius 2 is 0.896 bits per heavy atom. The number of para-hydroxylation sites is 1. The molecule has 0 bridgehead atoms. The van der Waals surface area contributed by atoms with Crippen molar-refractivity contribution in [2.45, 2.75) is 19.3 Å². The van der Waals surface area contributed by atoms with Crippen molar-refractivity contribution in [2.75, 3.05) is 4.90 Å². The highest BCUT2D eigenvalue weighted by atomic mass is 15.1. The summed E-state index contributed by atoms with van der Waals surface area (Å²) in [5, 5.41) is 12.9. The molecule has 0 radical (unpaired) electrons. The molecule has 0 N–H and O–H groups in total. The molecular weight excluding hydrogens is 579 g/mol. The minimum atomic E-state index is -0.213. The van der Waals surface area contributed by atoms with Gasteiger partial charge in [0.2, 0.25) is 0 Å². The molecule has 0 heterocycles. The van der Waals surface area contributed by atoms with Gasteiger partial charge in [-0.15, -0.1) is 0 Å². The summed E-state index contributed by atoms with van der Waals surface area (Å²) in [6.45, 7) is 4.85. The van der Waals surface area contributed by atoms with Gasteiger partial charge >= 0.3 is 0 Å². The normalized spacial score (nSPS) is 13.4. The molecule has 226 valence electrons. The van der Waals surface area contributed by atoms with Gasteiger partial charge in [-0.2, -0.15) is 0 Å². The molecule has 1 aliphatic rings. The fourth-order valence-electron chi connectivity index (χ4n) is 8.62. The van der Waals surface area contributed by atoms with Crippen molar-refractivity contribution in [3.05, 3.63) is 175 Å². The largest absolute Gasteiger partial charge is 0.310 e. The summed E-state index contributed by atoms with van der Waals surface area (Å²) in [5.41, 5.74) is 8.84. The summed E-state index contributed by atoms with van der Waals surface area (Å²) >= 11 is 0. The van der Waals surface area contributed by atoms with Crippen LogP contribution in [-0.4, -0.2) is 0 Å². The Balaban J connectivity index is 1.32. The first kappa shape index (κ1) is 27.2. The van der Waals surface area contributed by atoms with Gasteiger partial charge in [0.1, 0.15) is 0 Å². The molecule has 0 fully saturated rings. The molecule has 0 unspecified atom stereocenters. The van der Waals surface area contributed by atoms with Crippen molar-refractivity contribution in [2.24, 2.45) is 0 Å². The van der Waals surface area contributed by atoms with Crippen LogP contribution in [0.2, 0.25) is 0 Å². The minimum Gasteiger partial charge on any atom is -0.310 e. The number of fused-ring (bicyclic) bond motifs is 13. The van der Waals surface area contributed by atoms with E-state index in [1.165, 1.54) is 81.8 Å². The highest BCUT2D eigenvalue weighted by Gasteiger charge is 2.40. The molecule has 0 spiro atoms. The molecule has 10 rings (SSSR count). The van der Waals surface area contributed by atoms with E-state index >= 15 is 0 Å². The van der Waals surface area contributed by atoms with Crippen LogP contribution in [0.3, 0.4) is 0 Å². The SMILES string of the molecule is CC1(C)c2cc(N(c3ccccc3)c3ccc4ccc5ccccc5c4c3)c3ccccc3c2-c2c1c1ccccc1c1ccccc21. The predicted octanol–water partition coefficient (Wildman–Crippen LogP) is 13.2. The maximum atomic E-state index is 2.50. The minimum absolute atomic E-state index is 0.213. The third-order valence-electron chi connectivity index (χ3n) is 10.7. The molecular formula is C47H33N. The monoisotopic (exact) mass is 611 g/mol. The van der Waals surface area contributed by atoms with Gasteiger partial charge in [-0.3, -0.25) is 0 Å². The molecule has 0 aliphatic heterocycles. The smallest absolute Gasteiger partial charge is 0.0543 e. The van der Waals surface area contributed by atoms with Crippen molar-refractivity contribution in [1.82, 2.24) is 0 Å². The van der Waals surface area contributed by atoms with Crippen molar-refractivity contribution in [1.29, 1.82) is 0 Å². The van der Waals surface area contributed by atoms with E-state index in [9.17, 15) is 0 Å². The number of hydrogen-bond donors (Lipinski definition) is 0. The summed E-state index contributed by atoms with van der Waals surface area (Å²) in [7, 11) is 0. The average molecular weight is 612 g/mol. The van der Waals surface area contributed by atoms with Crippen LogP contribution in [0, 0.1) is 0 Å². The quantitative estimate of drug-likeness (QED) is 0.180. The molecule has 0 saturated heterocycles. The van der Waals surface area contributed by atoms with E-state index in [2.05, 4.69) is 183 Å². The Kier molecular flexibility index (Phi) is 5.69. The lowest BCUT2D eigenvalue weighted by atomic mass is 9.79. The second-order valence-electron chi connectivity index (χ2n) is 13.7. The summed E-state index contributed by atoms with van der Waals surface area (Å²) < 4.78 is 0. The fourth-order valence-corrected chi connectivity index (χ4v) is 8.62. The molecule has 1 nitrogen and oxygen atoms in total. The summed E-state index contributed by atoms with van der Waals surface area (Å²) in [5.74, 6) is 0. The van der Waals surface area contributed by atoms with E-state index in [1.54, 1.807) is 0 Å². The van der Waals surface area contributed by atoms with Gasteiger partial charge in [-0.25, -0.2) is 0 Å². The van der Waals surface area contributed by atoms with E-state index in [4.69, 9.17) is 0 Å². The number of benzene rings is 9. The van der Waals surface area contributed by atoms with Crippen molar-refractivity contribution in [3.63, 3.8) is 0 Å². The third kappa shape index (κ3) is 3.73. The van der Waals surface area contributed by atoms with Crippen LogP contribution in [0.15, 0.2) is 164 Å². The van der Waals surface area contributed by atoms with E-state index < -0.39 is 0 Å². The zero-order chi connectivity index (χ0) is 32.0. The van der Waals surface area contributed by atoms with Crippen LogP contribution in [0.1, 0.15) is 25.0 Å². The van der Waals surface area contributed by atoms with Crippen LogP contribution < -0.4 is 4.90 Å². The topological polar surface area (TPSA) is 3.24 Å². The second-order valence-corrected chi connectivity index (χ2v) is 13.7. The highest BCUT2D eigenvalue weighted by Crippen LogP contribution is 2.58. The zero-order valence-corrected chi connectivity index (χ0v) is 27.0. The van der Waals surface area contributed by atoms with Gasteiger partial charge in [-0.1, -0.05) is 147 Å². The first-order valence-electron chi connectivity index (χ1n) is 16.9. The summed E-state index contributed by atoms with van der Waals surface area (Å²) in [4.78, 5) is 2.47. The van der Waals surface area contributed by atoms with Gasteiger partial charge < -0.3 is 4.90 Å². The van der Waals surface area contributed by atoms with Crippen LogP contribution in [-0.2, 0) is 5.41 Å². The maximum Gasteiger partial charge on any atom is 0.0543 e. The molecule has 0 saturated carbocycles. The second kappa shape index (κ2) is 10.0. The Labute approximate surface area is 280 Å². The molecule has 9 aromatic rings. The Morgan fingerprint density at radius 3 is 1.62 bits per heavy atom. The average Bonchev–Trinajstić information content (AvgIpc) is 3.39. The molecule has 1 heteroatoms. The third-order valence-corrected chi connectivity index (χ3v) is 10.7. The van der Waals surface area contributed by atoms with Gasteiger partial charge in [0.25, 0.3) is 0 Å². The van der Waals surface area contributed by atoms with Crippen molar-refractivity contribution in [3.8, 4) is 11.1 Å². The Bertz CT molecular complexity index is 2750. The zero-order valence-electron chi connectivity index (χ0n) is 27.0. The van der Waals surface area contributed by atoms with Crippen molar-refractivity contribution < 1.29 is 0 Å². The first-order valence-corrected chi connectivity index (χ1v) is 16.9.